The summed E-state index contributed by atoms with van der Waals surface area (Å²) in [7, 11) is 0. The Kier molecular flexibility index (Phi) is 6.06. The van der Waals surface area contributed by atoms with Crippen molar-refractivity contribution in [3.05, 3.63) is 29.8 Å². The predicted octanol–water partition coefficient (Wildman–Crippen LogP) is 3.21. The number of nitrogens with one attached hydrogen (secondary N) is 1. The van der Waals surface area contributed by atoms with Crippen LogP contribution >= 0.6 is 0 Å². The molecule has 0 saturated heterocycles. The summed E-state index contributed by atoms with van der Waals surface area (Å²) >= 11 is 0. The maximum absolute atomic E-state index is 3.54. The van der Waals surface area contributed by atoms with Crippen molar-refractivity contribution >= 4 is 5.69 Å². The number of hydrogen-bond acceptors (Lipinski definition) is 2. The van der Waals surface area contributed by atoms with Crippen LogP contribution in [0.4, 0.5) is 5.69 Å². The molecule has 1 N–H and O–H groups in total. The molecule has 0 aliphatic rings. The minimum absolute atomic E-state index is 0.584. The zero-order valence-corrected chi connectivity index (χ0v) is 11.7. The fourth-order valence-corrected chi connectivity index (χ4v) is 2.07. The highest BCUT2D eigenvalue weighted by molar-refractivity contribution is 5.47. The number of rotatable bonds is 7. The van der Waals surface area contributed by atoms with Gasteiger partial charge in [0, 0.05) is 24.8 Å². The van der Waals surface area contributed by atoms with Crippen LogP contribution in [0.15, 0.2) is 24.3 Å². The minimum Gasteiger partial charge on any atom is -0.370 e. The summed E-state index contributed by atoms with van der Waals surface area (Å²) in [5, 5.41) is 3.54. The Morgan fingerprint density at radius 3 is 2.24 bits per heavy atom. The lowest BCUT2D eigenvalue weighted by Gasteiger charge is -2.28. The van der Waals surface area contributed by atoms with Gasteiger partial charge in [-0.1, -0.05) is 31.5 Å². The van der Waals surface area contributed by atoms with Crippen LogP contribution in [0.25, 0.3) is 0 Å². The van der Waals surface area contributed by atoms with Gasteiger partial charge in [0.05, 0.1) is 0 Å². The van der Waals surface area contributed by atoms with E-state index in [2.05, 4.69) is 62.2 Å². The van der Waals surface area contributed by atoms with Gasteiger partial charge in [-0.25, -0.2) is 0 Å². The second-order valence-electron chi connectivity index (χ2n) is 4.54. The molecule has 0 aliphatic carbocycles. The van der Waals surface area contributed by atoms with Gasteiger partial charge in [-0.2, -0.15) is 0 Å². The highest BCUT2D eigenvalue weighted by Crippen LogP contribution is 2.15. The molecule has 2 heteroatoms. The summed E-state index contributed by atoms with van der Waals surface area (Å²) in [4.78, 5) is 2.44. The van der Waals surface area contributed by atoms with E-state index < -0.39 is 0 Å². The van der Waals surface area contributed by atoms with E-state index in [4.69, 9.17) is 0 Å². The number of likely N-dealkylation sites (N-methyl/N-ethyl adjacent to an activating group) is 2. The maximum atomic E-state index is 3.54. The SMILES string of the molecule is CCNC(CC)CN(CC)c1ccc(C)cc1. The van der Waals surface area contributed by atoms with Crippen molar-refractivity contribution in [3.63, 3.8) is 0 Å². The smallest absolute Gasteiger partial charge is 0.0366 e. The van der Waals surface area contributed by atoms with E-state index in [1.165, 1.54) is 17.7 Å². The molecule has 0 bridgehead atoms. The first-order valence-corrected chi connectivity index (χ1v) is 6.76. The van der Waals surface area contributed by atoms with E-state index in [9.17, 15) is 0 Å². The normalized spacial score (nSPS) is 12.5. The summed E-state index contributed by atoms with van der Waals surface area (Å²) < 4.78 is 0. The van der Waals surface area contributed by atoms with E-state index in [-0.39, 0.29) is 0 Å². The van der Waals surface area contributed by atoms with Crippen molar-refractivity contribution in [2.75, 3.05) is 24.5 Å². The van der Waals surface area contributed by atoms with Gasteiger partial charge in [0.1, 0.15) is 0 Å². The Hall–Kier alpha value is -1.02. The van der Waals surface area contributed by atoms with Crippen LogP contribution in [0.2, 0.25) is 0 Å². The van der Waals surface area contributed by atoms with Gasteiger partial charge in [-0.3, -0.25) is 0 Å². The Labute approximate surface area is 106 Å². The average Bonchev–Trinajstić information content (AvgIpc) is 2.36. The molecule has 0 aliphatic heterocycles. The Morgan fingerprint density at radius 1 is 1.12 bits per heavy atom. The number of nitrogens with zero attached hydrogens (tertiary/aromatic N) is 1. The van der Waals surface area contributed by atoms with Gasteiger partial charge >= 0.3 is 0 Å². The molecule has 2 nitrogen and oxygen atoms in total. The number of anilines is 1. The molecule has 0 aromatic heterocycles. The van der Waals surface area contributed by atoms with E-state index in [1.807, 2.05) is 0 Å². The monoisotopic (exact) mass is 234 g/mol. The minimum atomic E-state index is 0.584. The van der Waals surface area contributed by atoms with E-state index in [1.54, 1.807) is 0 Å². The molecule has 17 heavy (non-hydrogen) atoms. The van der Waals surface area contributed by atoms with Gasteiger partial charge in [-0.05, 0) is 38.9 Å². The summed E-state index contributed by atoms with van der Waals surface area (Å²) in [5.74, 6) is 0. The standard InChI is InChI=1S/C15H26N2/c1-5-14(16-6-2)12-17(7-3)15-10-8-13(4)9-11-15/h8-11,14,16H,5-7,12H2,1-4H3. The Bertz CT molecular complexity index is 305. The molecule has 96 valence electrons. The lowest BCUT2D eigenvalue weighted by molar-refractivity contribution is 0.505. The third-order valence-electron chi connectivity index (χ3n) is 3.21. The second kappa shape index (κ2) is 7.33. The molecule has 0 amide bonds. The third kappa shape index (κ3) is 4.39. The molecular weight excluding hydrogens is 208 g/mol. The largest absolute Gasteiger partial charge is 0.370 e. The van der Waals surface area contributed by atoms with Crippen molar-refractivity contribution in [3.8, 4) is 0 Å². The van der Waals surface area contributed by atoms with Gasteiger partial charge in [0.2, 0.25) is 0 Å². The predicted molar refractivity (Wildman–Crippen MR) is 76.8 cm³/mol. The quantitative estimate of drug-likeness (QED) is 0.779. The summed E-state index contributed by atoms with van der Waals surface area (Å²) in [6, 6.07) is 9.40. The van der Waals surface area contributed by atoms with Gasteiger partial charge < -0.3 is 10.2 Å². The Balaban J connectivity index is 2.67. The van der Waals surface area contributed by atoms with Gasteiger partial charge in [0.25, 0.3) is 0 Å². The zero-order chi connectivity index (χ0) is 12.7. The van der Waals surface area contributed by atoms with Crippen LogP contribution < -0.4 is 10.2 Å². The summed E-state index contributed by atoms with van der Waals surface area (Å²) in [6.45, 7) is 12.0. The van der Waals surface area contributed by atoms with Crippen LogP contribution in [0.3, 0.4) is 0 Å². The number of hydrogen-bond donors (Lipinski definition) is 1. The van der Waals surface area contributed by atoms with E-state index in [0.717, 1.165) is 19.6 Å². The molecule has 1 rings (SSSR count). The van der Waals surface area contributed by atoms with Crippen LogP contribution in [0, 0.1) is 6.92 Å². The summed E-state index contributed by atoms with van der Waals surface area (Å²) in [5.41, 5.74) is 2.65. The van der Waals surface area contributed by atoms with Crippen LogP contribution in [-0.4, -0.2) is 25.7 Å². The van der Waals surface area contributed by atoms with Gasteiger partial charge in [-0.15, -0.1) is 0 Å². The van der Waals surface area contributed by atoms with Crippen molar-refractivity contribution in [1.29, 1.82) is 0 Å². The average molecular weight is 234 g/mol. The van der Waals surface area contributed by atoms with E-state index in [0.29, 0.717) is 6.04 Å². The lowest BCUT2D eigenvalue weighted by Crippen LogP contribution is -2.40. The van der Waals surface area contributed by atoms with E-state index >= 15 is 0 Å². The fraction of sp³-hybridized carbons (Fsp3) is 0.600. The zero-order valence-electron chi connectivity index (χ0n) is 11.7. The maximum Gasteiger partial charge on any atom is 0.0366 e. The molecule has 1 aromatic rings. The number of benzene rings is 1. The van der Waals surface area contributed by atoms with Crippen LogP contribution in [0.1, 0.15) is 32.8 Å². The molecule has 0 saturated carbocycles. The molecular formula is C15H26N2. The molecule has 0 fully saturated rings. The molecule has 0 radical (unpaired) electrons. The summed E-state index contributed by atoms with van der Waals surface area (Å²) in [6.07, 6.45) is 1.18. The lowest BCUT2D eigenvalue weighted by atomic mass is 10.1. The molecule has 1 atom stereocenters. The first kappa shape index (κ1) is 14.0. The molecule has 0 spiro atoms. The fourth-order valence-electron chi connectivity index (χ4n) is 2.07. The molecule has 1 aromatic carbocycles. The van der Waals surface area contributed by atoms with Crippen molar-refractivity contribution in [2.45, 2.75) is 40.2 Å². The first-order chi connectivity index (χ1) is 8.21. The highest BCUT2D eigenvalue weighted by atomic mass is 15.1. The topological polar surface area (TPSA) is 15.3 Å². The third-order valence-corrected chi connectivity index (χ3v) is 3.21. The molecule has 0 heterocycles. The second-order valence-corrected chi connectivity index (χ2v) is 4.54. The first-order valence-electron chi connectivity index (χ1n) is 6.76. The van der Waals surface area contributed by atoms with Crippen molar-refractivity contribution in [1.82, 2.24) is 5.32 Å². The van der Waals surface area contributed by atoms with Gasteiger partial charge in [0.15, 0.2) is 0 Å². The van der Waals surface area contributed by atoms with Crippen LogP contribution in [0.5, 0.6) is 0 Å². The highest BCUT2D eigenvalue weighted by Gasteiger charge is 2.10. The molecule has 1 unspecified atom stereocenters. The number of aryl methyl sites for hydroxylation is 1. The Morgan fingerprint density at radius 2 is 1.76 bits per heavy atom. The van der Waals surface area contributed by atoms with Crippen LogP contribution in [-0.2, 0) is 0 Å². The van der Waals surface area contributed by atoms with Crippen molar-refractivity contribution in [2.24, 2.45) is 0 Å². The van der Waals surface area contributed by atoms with Crippen molar-refractivity contribution < 1.29 is 0 Å².